The van der Waals surface area contributed by atoms with Gasteiger partial charge in [0.05, 0.1) is 18.7 Å². The minimum Gasteiger partial charge on any atom is -0.481 e. The van der Waals surface area contributed by atoms with Gasteiger partial charge in [-0.15, -0.1) is 0 Å². The second-order valence-corrected chi connectivity index (χ2v) is 5.51. The lowest BCUT2D eigenvalue weighted by Gasteiger charge is -2.15. The van der Waals surface area contributed by atoms with E-state index in [4.69, 9.17) is 5.11 Å². The number of likely N-dealkylation sites (N-methyl/N-ethyl adjacent to an activating group) is 1. The van der Waals surface area contributed by atoms with Gasteiger partial charge in [0.25, 0.3) is 0 Å². The largest absolute Gasteiger partial charge is 0.481 e. The maximum Gasteiger partial charge on any atom is 0.305 e. The molecular formula is C8H16N2O5S. The predicted octanol–water partition coefficient (Wildman–Crippen LogP) is -1.14. The minimum atomic E-state index is -3.38. The van der Waals surface area contributed by atoms with Crippen LogP contribution in [0, 0.1) is 0 Å². The highest BCUT2D eigenvalue weighted by Gasteiger charge is 2.17. The van der Waals surface area contributed by atoms with Crippen LogP contribution < -0.4 is 5.32 Å². The molecule has 1 amide bonds. The molecule has 0 aliphatic rings. The van der Waals surface area contributed by atoms with Crippen molar-refractivity contribution in [3.8, 4) is 0 Å². The van der Waals surface area contributed by atoms with Crippen molar-refractivity contribution in [1.29, 1.82) is 0 Å². The van der Waals surface area contributed by atoms with Crippen LogP contribution in [0.15, 0.2) is 0 Å². The molecule has 0 heterocycles. The molecule has 0 saturated heterocycles. The van der Waals surface area contributed by atoms with E-state index in [0.29, 0.717) is 0 Å². The zero-order chi connectivity index (χ0) is 12.8. The van der Waals surface area contributed by atoms with Crippen LogP contribution in [0.3, 0.4) is 0 Å². The summed E-state index contributed by atoms with van der Waals surface area (Å²) >= 11 is 0. The number of amides is 1. The van der Waals surface area contributed by atoms with Gasteiger partial charge in [-0.3, -0.25) is 9.59 Å². The van der Waals surface area contributed by atoms with Crippen molar-refractivity contribution < 1.29 is 23.1 Å². The molecule has 0 aromatic rings. The Labute approximate surface area is 94.5 Å². The van der Waals surface area contributed by atoms with Gasteiger partial charge >= 0.3 is 5.97 Å². The van der Waals surface area contributed by atoms with Crippen molar-refractivity contribution in [3.63, 3.8) is 0 Å². The summed E-state index contributed by atoms with van der Waals surface area (Å²) in [5.41, 5.74) is 0. The molecule has 0 aromatic heterocycles. The lowest BCUT2D eigenvalue weighted by Crippen LogP contribution is -2.39. The molecule has 0 saturated carbocycles. The quantitative estimate of drug-likeness (QED) is 0.596. The van der Waals surface area contributed by atoms with Gasteiger partial charge in [0.2, 0.25) is 15.9 Å². The van der Waals surface area contributed by atoms with Crippen LogP contribution in [0.2, 0.25) is 0 Å². The molecule has 0 unspecified atom stereocenters. The van der Waals surface area contributed by atoms with Crippen LogP contribution in [0.1, 0.15) is 13.3 Å². The predicted molar refractivity (Wildman–Crippen MR) is 57.4 cm³/mol. The maximum absolute atomic E-state index is 11.3. The molecule has 0 radical (unpaired) electrons. The van der Waals surface area contributed by atoms with E-state index in [9.17, 15) is 18.0 Å². The third-order valence-electron chi connectivity index (χ3n) is 1.87. The topological polar surface area (TPSA) is 104 Å². The molecule has 8 heteroatoms. The molecule has 0 aromatic carbocycles. The summed E-state index contributed by atoms with van der Waals surface area (Å²) in [6.07, 6.45) is -0.185. The highest BCUT2D eigenvalue weighted by atomic mass is 32.2. The van der Waals surface area contributed by atoms with Crippen molar-refractivity contribution in [3.05, 3.63) is 0 Å². The van der Waals surface area contributed by atoms with Crippen molar-refractivity contribution in [2.45, 2.75) is 13.3 Å². The molecule has 0 spiro atoms. The number of carboxylic acids is 1. The van der Waals surface area contributed by atoms with Crippen molar-refractivity contribution >= 4 is 21.9 Å². The number of aliphatic carboxylic acids is 1. The number of carbonyl (C=O) groups is 2. The Kier molecular flexibility index (Phi) is 5.97. The molecule has 16 heavy (non-hydrogen) atoms. The molecule has 0 atom stereocenters. The maximum atomic E-state index is 11.3. The van der Waals surface area contributed by atoms with Gasteiger partial charge < -0.3 is 10.4 Å². The highest BCUT2D eigenvalue weighted by Crippen LogP contribution is 1.96. The summed E-state index contributed by atoms with van der Waals surface area (Å²) < 4.78 is 23.5. The number of nitrogens with one attached hydrogen (secondary N) is 1. The van der Waals surface area contributed by atoms with Gasteiger partial charge in [-0.2, -0.15) is 4.31 Å². The lowest BCUT2D eigenvalue weighted by molar-refractivity contribution is -0.136. The van der Waals surface area contributed by atoms with E-state index in [0.717, 1.165) is 4.31 Å². The zero-order valence-electron chi connectivity index (χ0n) is 9.26. The van der Waals surface area contributed by atoms with Gasteiger partial charge in [0, 0.05) is 13.6 Å². The highest BCUT2D eigenvalue weighted by molar-refractivity contribution is 7.89. The van der Waals surface area contributed by atoms with Gasteiger partial charge in [-0.05, 0) is 6.92 Å². The molecule has 7 nitrogen and oxygen atoms in total. The number of carboxylic acid groups (broad SMARTS) is 1. The standard InChI is InChI=1S/C8H16N2O5S/c1-3-16(14,15)10(2)6-7(11)9-5-4-8(12)13/h3-6H2,1-2H3,(H,9,11)(H,12,13). The zero-order valence-corrected chi connectivity index (χ0v) is 10.1. The average Bonchev–Trinajstić information content (AvgIpc) is 2.16. The van der Waals surface area contributed by atoms with Gasteiger partial charge in [-0.1, -0.05) is 0 Å². The van der Waals surface area contributed by atoms with Gasteiger partial charge in [-0.25, -0.2) is 8.42 Å². The number of nitrogens with zero attached hydrogens (tertiary/aromatic N) is 1. The van der Waals surface area contributed by atoms with E-state index in [1.165, 1.54) is 14.0 Å². The first kappa shape index (κ1) is 14.8. The van der Waals surface area contributed by atoms with Crippen LogP contribution in [-0.2, 0) is 19.6 Å². The Morgan fingerprint density at radius 1 is 1.38 bits per heavy atom. The Balaban J connectivity index is 4.02. The summed E-state index contributed by atoms with van der Waals surface area (Å²) in [6, 6.07) is 0. The number of rotatable bonds is 7. The SMILES string of the molecule is CCS(=O)(=O)N(C)CC(=O)NCCC(=O)O. The summed E-state index contributed by atoms with van der Waals surface area (Å²) in [5.74, 6) is -1.61. The summed E-state index contributed by atoms with van der Waals surface area (Å²) in [5, 5.41) is 10.6. The Morgan fingerprint density at radius 3 is 2.38 bits per heavy atom. The fourth-order valence-electron chi connectivity index (χ4n) is 0.886. The molecule has 94 valence electrons. The van der Waals surface area contributed by atoms with Gasteiger partial charge in [0.1, 0.15) is 0 Å². The molecular weight excluding hydrogens is 236 g/mol. The summed E-state index contributed by atoms with van der Waals surface area (Å²) in [7, 11) is -2.08. The Hall–Kier alpha value is -1.15. The number of hydrogen-bond acceptors (Lipinski definition) is 4. The number of carbonyl (C=O) groups excluding carboxylic acids is 1. The first-order chi connectivity index (χ1) is 7.29. The van der Waals surface area contributed by atoms with Gasteiger partial charge in [0.15, 0.2) is 0 Å². The van der Waals surface area contributed by atoms with E-state index in [1.807, 2.05) is 0 Å². The van der Waals surface area contributed by atoms with Crippen molar-refractivity contribution in [2.24, 2.45) is 0 Å². The smallest absolute Gasteiger partial charge is 0.305 e. The van der Waals surface area contributed by atoms with Crippen LogP contribution in [0.25, 0.3) is 0 Å². The fourth-order valence-corrected chi connectivity index (χ4v) is 1.64. The van der Waals surface area contributed by atoms with Crippen LogP contribution in [0.4, 0.5) is 0 Å². The minimum absolute atomic E-state index is 0.00577. The molecule has 2 N–H and O–H groups in total. The van der Waals surface area contributed by atoms with E-state index in [2.05, 4.69) is 5.32 Å². The first-order valence-corrected chi connectivity index (χ1v) is 6.33. The van der Waals surface area contributed by atoms with E-state index >= 15 is 0 Å². The Bertz CT molecular complexity index is 351. The molecule has 0 bridgehead atoms. The first-order valence-electron chi connectivity index (χ1n) is 4.72. The van der Waals surface area contributed by atoms with Crippen LogP contribution in [0.5, 0.6) is 0 Å². The van der Waals surface area contributed by atoms with Crippen molar-refractivity contribution in [1.82, 2.24) is 9.62 Å². The lowest BCUT2D eigenvalue weighted by atomic mass is 10.4. The monoisotopic (exact) mass is 252 g/mol. The number of sulfonamides is 1. The summed E-state index contributed by atoms with van der Waals surface area (Å²) in [6.45, 7) is 1.18. The molecule has 0 aliphatic carbocycles. The normalized spacial score (nSPS) is 11.4. The fraction of sp³-hybridized carbons (Fsp3) is 0.750. The third-order valence-corrected chi connectivity index (χ3v) is 3.68. The van der Waals surface area contributed by atoms with E-state index in [1.54, 1.807) is 0 Å². The third kappa shape index (κ3) is 5.66. The van der Waals surface area contributed by atoms with E-state index < -0.39 is 21.9 Å². The van der Waals surface area contributed by atoms with Crippen LogP contribution >= 0.6 is 0 Å². The second-order valence-electron chi connectivity index (χ2n) is 3.15. The van der Waals surface area contributed by atoms with Crippen molar-refractivity contribution in [2.75, 3.05) is 25.9 Å². The average molecular weight is 252 g/mol. The summed E-state index contributed by atoms with van der Waals surface area (Å²) in [4.78, 5) is 21.3. The van der Waals surface area contributed by atoms with E-state index in [-0.39, 0.29) is 25.3 Å². The van der Waals surface area contributed by atoms with Crippen LogP contribution in [-0.4, -0.2) is 55.6 Å². The number of hydrogen-bond donors (Lipinski definition) is 2. The Morgan fingerprint density at radius 2 is 1.94 bits per heavy atom. The molecule has 0 rings (SSSR count). The molecule has 0 fully saturated rings. The second kappa shape index (κ2) is 6.44. The molecule has 0 aliphatic heterocycles.